The van der Waals surface area contributed by atoms with Gasteiger partial charge in [0.2, 0.25) is 10.0 Å². The molecule has 0 spiro atoms. The van der Waals surface area contributed by atoms with E-state index < -0.39 is 10.0 Å². The highest BCUT2D eigenvalue weighted by atomic mass is 35.5. The van der Waals surface area contributed by atoms with Crippen LogP contribution in [0.15, 0.2) is 29.3 Å². The first-order valence-electron chi connectivity index (χ1n) is 6.00. The van der Waals surface area contributed by atoms with Gasteiger partial charge in [-0.25, -0.2) is 13.1 Å². The molecule has 0 bridgehead atoms. The number of aromatic nitrogens is 2. The molecule has 2 rings (SSSR count). The normalized spacial score (nSPS) is 11.8. The molecule has 0 saturated carbocycles. The summed E-state index contributed by atoms with van der Waals surface area (Å²) in [5.41, 5.74) is 6.67. The largest absolute Gasteiger partial charge is 0.326 e. The minimum Gasteiger partial charge on any atom is -0.326 e. The monoisotopic (exact) mass is 348 g/mol. The zero-order valence-corrected chi connectivity index (χ0v) is 13.5. The van der Waals surface area contributed by atoms with E-state index in [1.165, 1.54) is 12.1 Å². The Bertz CT molecular complexity index is 759. The number of hydrogen-bond acceptors (Lipinski definition) is 4. The van der Waals surface area contributed by atoms with Crippen molar-refractivity contribution in [2.45, 2.75) is 18.0 Å². The van der Waals surface area contributed by atoms with Gasteiger partial charge in [0.1, 0.15) is 4.90 Å². The second-order valence-electron chi connectivity index (χ2n) is 4.31. The quantitative estimate of drug-likeness (QED) is 0.859. The van der Waals surface area contributed by atoms with Crippen molar-refractivity contribution < 1.29 is 8.42 Å². The summed E-state index contributed by atoms with van der Waals surface area (Å²) in [6.45, 7) is 0.165. The van der Waals surface area contributed by atoms with Gasteiger partial charge in [-0.15, -0.1) is 0 Å². The van der Waals surface area contributed by atoms with Crippen LogP contribution in [0.25, 0.3) is 0 Å². The average Bonchev–Trinajstić information content (AvgIpc) is 2.82. The SMILES string of the molecule is Cn1nccc1CNS(=O)(=O)c1ccc(Cl)c(CN)c1Cl. The van der Waals surface area contributed by atoms with E-state index in [0.29, 0.717) is 10.6 Å². The van der Waals surface area contributed by atoms with Gasteiger partial charge in [-0.1, -0.05) is 23.2 Å². The summed E-state index contributed by atoms with van der Waals surface area (Å²) in [6.07, 6.45) is 1.59. The lowest BCUT2D eigenvalue weighted by molar-refractivity contribution is 0.577. The second-order valence-corrected chi connectivity index (χ2v) is 6.83. The third kappa shape index (κ3) is 3.38. The zero-order chi connectivity index (χ0) is 15.6. The van der Waals surface area contributed by atoms with E-state index in [1.807, 2.05) is 0 Å². The number of nitrogens with one attached hydrogen (secondary N) is 1. The molecule has 114 valence electrons. The standard InChI is InChI=1S/C12H14Cl2N4O2S/c1-18-8(4-5-16-18)7-17-21(19,20)11-3-2-10(13)9(6-15)12(11)14/h2-5,17H,6-7,15H2,1H3. The maximum absolute atomic E-state index is 12.3. The van der Waals surface area contributed by atoms with Crippen LogP contribution in [0.5, 0.6) is 0 Å². The Morgan fingerprint density at radius 3 is 2.62 bits per heavy atom. The van der Waals surface area contributed by atoms with Gasteiger partial charge >= 0.3 is 0 Å². The average molecular weight is 349 g/mol. The van der Waals surface area contributed by atoms with E-state index >= 15 is 0 Å². The molecule has 1 heterocycles. The number of halogens is 2. The lowest BCUT2D eigenvalue weighted by Gasteiger charge is -2.12. The van der Waals surface area contributed by atoms with Gasteiger partial charge in [0.05, 0.1) is 17.3 Å². The molecular formula is C12H14Cl2N4O2S. The Morgan fingerprint density at radius 1 is 1.33 bits per heavy atom. The van der Waals surface area contributed by atoms with E-state index in [1.54, 1.807) is 24.0 Å². The fourth-order valence-electron chi connectivity index (χ4n) is 1.79. The summed E-state index contributed by atoms with van der Waals surface area (Å²) < 4.78 is 28.7. The van der Waals surface area contributed by atoms with Crippen LogP contribution in [0.1, 0.15) is 11.3 Å². The topological polar surface area (TPSA) is 90.0 Å². The summed E-state index contributed by atoms with van der Waals surface area (Å²) in [5.74, 6) is 0. The van der Waals surface area contributed by atoms with Crippen molar-refractivity contribution in [3.8, 4) is 0 Å². The smallest absolute Gasteiger partial charge is 0.242 e. The molecule has 0 saturated heterocycles. The van der Waals surface area contributed by atoms with E-state index in [4.69, 9.17) is 28.9 Å². The Hall–Kier alpha value is -1.12. The second kappa shape index (κ2) is 6.33. The molecule has 6 nitrogen and oxygen atoms in total. The molecular weight excluding hydrogens is 335 g/mol. The van der Waals surface area contributed by atoms with Gasteiger partial charge in [-0.2, -0.15) is 5.10 Å². The lowest BCUT2D eigenvalue weighted by atomic mass is 10.2. The molecule has 1 aromatic heterocycles. The zero-order valence-electron chi connectivity index (χ0n) is 11.2. The Labute approximate surface area is 132 Å². The highest BCUT2D eigenvalue weighted by molar-refractivity contribution is 7.89. The van der Waals surface area contributed by atoms with E-state index in [9.17, 15) is 8.42 Å². The van der Waals surface area contributed by atoms with Gasteiger partial charge in [0.15, 0.2) is 0 Å². The van der Waals surface area contributed by atoms with Gasteiger partial charge in [0, 0.05) is 30.4 Å². The van der Waals surface area contributed by atoms with Crippen molar-refractivity contribution in [1.82, 2.24) is 14.5 Å². The van der Waals surface area contributed by atoms with Gasteiger partial charge < -0.3 is 5.73 Å². The molecule has 0 atom stereocenters. The third-order valence-electron chi connectivity index (χ3n) is 3.01. The highest BCUT2D eigenvalue weighted by Crippen LogP contribution is 2.30. The lowest BCUT2D eigenvalue weighted by Crippen LogP contribution is -2.25. The maximum Gasteiger partial charge on any atom is 0.242 e. The Kier molecular flexibility index (Phi) is 4.90. The van der Waals surface area contributed by atoms with Crippen LogP contribution in [-0.4, -0.2) is 18.2 Å². The van der Waals surface area contributed by atoms with Crippen LogP contribution >= 0.6 is 23.2 Å². The van der Waals surface area contributed by atoms with Crippen molar-refractivity contribution in [2.75, 3.05) is 0 Å². The molecule has 0 radical (unpaired) electrons. The predicted molar refractivity (Wildman–Crippen MR) is 81.6 cm³/mol. The summed E-state index contributed by atoms with van der Waals surface area (Å²) in [5, 5.41) is 4.35. The highest BCUT2D eigenvalue weighted by Gasteiger charge is 2.21. The Balaban J connectivity index is 2.30. The molecule has 0 aliphatic carbocycles. The first-order valence-corrected chi connectivity index (χ1v) is 8.24. The minimum absolute atomic E-state index is 0.0440. The molecule has 3 N–H and O–H groups in total. The number of sulfonamides is 1. The number of rotatable bonds is 5. The molecule has 9 heteroatoms. The fourth-order valence-corrected chi connectivity index (χ4v) is 3.72. The van der Waals surface area contributed by atoms with E-state index in [0.717, 1.165) is 5.69 Å². The third-order valence-corrected chi connectivity index (χ3v) is 5.35. The fraction of sp³-hybridized carbons (Fsp3) is 0.250. The van der Waals surface area contributed by atoms with E-state index in [2.05, 4.69) is 9.82 Å². The molecule has 0 aliphatic heterocycles. The molecule has 0 fully saturated rings. The van der Waals surface area contributed by atoms with Crippen LogP contribution in [-0.2, 0) is 30.2 Å². The number of benzene rings is 1. The minimum atomic E-state index is -3.77. The molecule has 2 aromatic rings. The van der Waals surface area contributed by atoms with Crippen molar-refractivity contribution in [2.24, 2.45) is 12.8 Å². The van der Waals surface area contributed by atoms with Crippen molar-refractivity contribution in [3.63, 3.8) is 0 Å². The van der Waals surface area contributed by atoms with Crippen LogP contribution in [0.2, 0.25) is 10.0 Å². The number of nitrogens with two attached hydrogens (primary N) is 1. The molecule has 21 heavy (non-hydrogen) atoms. The van der Waals surface area contributed by atoms with Gasteiger partial charge in [0.25, 0.3) is 0 Å². The number of hydrogen-bond donors (Lipinski definition) is 2. The predicted octanol–water partition coefficient (Wildman–Crippen LogP) is 1.66. The summed E-state index contributed by atoms with van der Waals surface area (Å²) in [6, 6.07) is 4.54. The first-order chi connectivity index (χ1) is 9.86. The molecule has 0 unspecified atom stereocenters. The van der Waals surface area contributed by atoms with Crippen LogP contribution in [0, 0.1) is 0 Å². The summed E-state index contributed by atoms with van der Waals surface area (Å²) >= 11 is 12.0. The number of aryl methyl sites for hydroxylation is 1. The molecule has 0 aliphatic rings. The molecule has 1 aromatic carbocycles. The van der Waals surface area contributed by atoms with Crippen molar-refractivity contribution in [3.05, 3.63) is 45.7 Å². The summed E-state index contributed by atoms with van der Waals surface area (Å²) in [4.78, 5) is -0.0452. The molecule has 0 amide bonds. The Morgan fingerprint density at radius 2 is 2.05 bits per heavy atom. The summed E-state index contributed by atoms with van der Waals surface area (Å²) in [7, 11) is -2.04. The van der Waals surface area contributed by atoms with Crippen molar-refractivity contribution >= 4 is 33.2 Å². The van der Waals surface area contributed by atoms with Crippen LogP contribution < -0.4 is 10.5 Å². The van der Waals surface area contributed by atoms with Gasteiger partial charge in [-0.3, -0.25) is 4.68 Å². The van der Waals surface area contributed by atoms with E-state index in [-0.39, 0.29) is 23.0 Å². The first kappa shape index (κ1) is 16.3. The van der Waals surface area contributed by atoms with Crippen LogP contribution in [0.3, 0.4) is 0 Å². The number of nitrogens with zero attached hydrogens (tertiary/aromatic N) is 2. The van der Waals surface area contributed by atoms with Crippen molar-refractivity contribution in [1.29, 1.82) is 0 Å². The maximum atomic E-state index is 12.3. The van der Waals surface area contributed by atoms with Gasteiger partial charge in [-0.05, 0) is 18.2 Å². The van der Waals surface area contributed by atoms with Crippen LogP contribution in [0.4, 0.5) is 0 Å².